The number of thioether (sulfide) groups is 1. The summed E-state index contributed by atoms with van der Waals surface area (Å²) in [6, 6.07) is 10.9. The van der Waals surface area contributed by atoms with Crippen LogP contribution < -0.4 is 14.8 Å². The lowest BCUT2D eigenvalue weighted by molar-refractivity contribution is 0.102. The van der Waals surface area contributed by atoms with Crippen LogP contribution in [0.15, 0.2) is 40.7 Å². The molecule has 1 amide bonds. The van der Waals surface area contributed by atoms with Crippen LogP contribution in [-0.4, -0.2) is 30.4 Å². The van der Waals surface area contributed by atoms with Gasteiger partial charge in [0.1, 0.15) is 0 Å². The number of fused-ring (bicyclic) bond motifs is 1. The maximum atomic E-state index is 12.6. The summed E-state index contributed by atoms with van der Waals surface area (Å²) in [6.07, 6.45) is 2.00. The Kier molecular flexibility index (Phi) is 6.00. The first-order chi connectivity index (χ1) is 12.6. The van der Waals surface area contributed by atoms with Crippen LogP contribution in [0.2, 0.25) is 0 Å². The number of thiazole rings is 1. The molecule has 0 aliphatic carbocycles. The lowest BCUT2D eigenvalue weighted by atomic mass is 10.1. The molecule has 3 aromatic rings. The monoisotopic (exact) mass is 388 g/mol. The van der Waals surface area contributed by atoms with Gasteiger partial charge < -0.3 is 14.8 Å². The summed E-state index contributed by atoms with van der Waals surface area (Å²) in [5.74, 6) is 1.02. The first kappa shape index (κ1) is 18.5. The second-order valence-corrected chi connectivity index (χ2v) is 7.43. The Balaban J connectivity index is 1.81. The molecule has 2 aromatic carbocycles. The molecular weight excluding hydrogens is 368 g/mol. The summed E-state index contributed by atoms with van der Waals surface area (Å²) in [4.78, 5) is 17.1. The topological polar surface area (TPSA) is 60.5 Å². The van der Waals surface area contributed by atoms with Gasteiger partial charge in [0, 0.05) is 11.3 Å². The summed E-state index contributed by atoms with van der Waals surface area (Å²) >= 11 is 3.23. The normalized spacial score (nSPS) is 10.7. The molecule has 0 bridgehead atoms. The number of carbonyl (C=O) groups excluding carboxylic acids is 1. The molecule has 0 fully saturated rings. The number of ether oxygens (including phenoxy) is 2. The number of aromatic nitrogens is 1. The van der Waals surface area contributed by atoms with Crippen LogP contribution in [0.5, 0.6) is 11.5 Å². The van der Waals surface area contributed by atoms with Gasteiger partial charge in [0.05, 0.1) is 23.4 Å². The summed E-state index contributed by atoms with van der Waals surface area (Å²) in [7, 11) is 0. The maximum Gasteiger partial charge on any atom is 0.255 e. The molecule has 26 heavy (non-hydrogen) atoms. The molecule has 1 heterocycles. The third kappa shape index (κ3) is 4.11. The van der Waals surface area contributed by atoms with Crippen molar-refractivity contribution in [2.24, 2.45) is 0 Å². The van der Waals surface area contributed by atoms with Gasteiger partial charge in [-0.15, -0.1) is 11.3 Å². The van der Waals surface area contributed by atoms with Crippen molar-refractivity contribution in [1.29, 1.82) is 0 Å². The predicted molar refractivity (Wildman–Crippen MR) is 108 cm³/mol. The van der Waals surface area contributed by atoms with Gasteiger partial charge in [-0.2, -0.15) is 0 Å². The number of hydrogen-bond acceptors (Lipinski definition) is 6. The van der Waals surface area contributed by atoms with Gasteiger partial charge in [0.25, 0.3) is 5.91 Å². The van der Waals surface area contributed by atoms with Crippen molar-refractivity contribution in [3.63, 3.8) is 0 Å². The summed E-state index contributed by atoms with van der Waals surface area (Å²) in [5.41, 5.74) is 2.20. The number of rotatable bonds is 7. The van der Waals surface area contributed by atoms with E-state index < -0.39 is 0 Å². The van der Waals surface area contributed by atoms with Crippen molar-refractivity contribution < 1.29 is 14.3 Å². The first-order valence-electron chi connectivity index (χ1n) is 8.30. The van der Waals surface area contributed by atoms with Crippen LogP contribution in [0.4, 0.5) is 5.69 Å². The summed E-state index contributed by atoms with van der Waals surface area (Å²) < 4.78 is 13.2. The Hall–Kier alpha value is -2.25. The quantitative estimate of drug-likeness (QED) is 0.573. The Morgan fingerprint density at radius 1 is 1.12 bits per heavy atom. The predicted octanol–water partition coefficient (Wildman–Crippen LogP) is 5.07. The van der Waals surface area contributed by atoms with Crippen LogP contribution in [0.3, 0.4) is 0 Å². The van der Waals surface area contributed by atoms with Crippen molar-refractivity contribution in [3.8, 4) is 11.5 Å². The second-order valence-electron chi connectivity index (χ2n) is 5.35. The molecule has 0 spiro atoms. The first-order valence-corrected chi connectivity index (χ1v) is 10.3. The summed E-state index contributed by atoms with van der Waals surface area (Å²) in [6.45, 7) is 4.85. The zero-order valence-electron chi connectivity index (χ0n) is 14.9. The number of amides is 1. The lowest BCUT2D eigenvalue weighted by Crippen LogP contribution is -2.12. The molecule has 5 nitrogen and oxygen atoms in total. The van der Waals surface area contributed by atoms with E-state index in [-0.39, 0.29) is 5.91 Å². The Morgan fingerprint density at radius 3 is 2.62 bits per heavy atom. The number of anilines is 1. The fourth-order valence-electron chi connectivity index (χ4n) is 2.46. The van der Waals surface area contributed by atoms with E-state index in [0.717, 1.165) is 20.2 Å². The molecule has 0 saturated carbocycles. The van der Waals surface area contributed by atoms with Crippen LogP contribution in [-0.2, 0) is 0 Å². The van der Waals surface area contributed by atoms with Gasteiger partial charge in [-0.1, -0.05) is 11.8 Å². The highest BCUT2D eigenvalue weighted by molar-refractivity contribution is 8.00. The molecular formula is C19H20N2O3S2. The molecule has 0 saturated heterocycles. The Morgan fingerprint density at radius 2 is 1.88 bits per heavy atom. The molecule has 0 atom stereocenters. The number of nitrogens with zero attached hydrogens (tertiary/aromatic N) is 1. The van der Waals surface area contributed by atoms with Crippen LogP contribution in [0.25, 0.3) is 10.2 Å². The van der Waals surface area contributed by atoms with Crippen LogP contribution >= 0.6 is 23.1 Å². The van der Waals surface area contributed by atoms with E-state index in [1.807, 2.05) is 38.3 Å². The zero-order chi connectivity index (χ0) is 18.5. The van der Waals surface area contributed by atoms with E-state index in [0.29, 0.717) is 30.3 Å². The fraction of sp³-hybridized carbons (Fsp3) is 0.263. The highest BCUT2D eigenvalue weighted by Crippen LogP contribution is 2.31. The smallest absolute Gasteiger partial charge is 0.255 e. The van der Waals surface area contributed by atoms with Gasteiger partial charge in [0.2, 0.25) is 0 Å². The minimum atomic E-state index is -0.192. The third-order valence-corrected chi connectivity index (χ3v) is 5.61. The average molecular weight is 389 g/mol. The van der Waals surface area contributed by atoms with Crippen molar-refractivity contribution in [3.05, 3.63) is 42.0 Å². The van der Waals surface area contributed by atoms with Gasteiger partial charge in [-0.25, -0.2) is 4.98 Å². The number of hydrogen-bond donors (Lipinski definition) is 1. The largest absolute Gasteiger partial charge is 0.490 e. The minimum Gasteiger partial charge on any atom is -0.490 e. The molecule has 0 radical (unpaired) electrons. The van der Waals surface area contributed by atoms with Crippen molar-refractivity contribution in [1.82, 2.24) is 4.98 Å². The molecule has 1 aromatic heterocycles. The number of carbonyl (C=O) groups is 1. The Labute approximate surface area is 160 Å². The molecule has 0 aliphatic rings. The SMILES string of the molecule is CCOc1ccc(C(=O)Nc2ccc3nc(SC)sc3c2)cc1OCC. The molecule has 7 heteroatoms. The van der Waals surface area contributed by atoms with E-state index in [1.165, 1.54) is 0 Å². The zero-order valence-corrected chi connectivity index (χ0v) is 16.5. The van der Waals surface area contributed by atoms with Crippen LogP contribution in [0.1, 0.15) is 24.2 Å². The van der Waals surface area contributed by atoms with Gasteiger partial charge in [-0.3, -0.25) is 4.79 Å². The second kappa shape index (κ2) is 8.42. The highest BCUT2D eigenvalue weighted by atomic mass is 32.2. The van der Waals surface area contributed by atoms with Crippen molar-refractivity contribution in [2.75, 3.05) is 24.8 Å². The summed E-state index contributed by atoms with van der Waals surface area (Å²) in [5, 5.41) is 2.94. The third-order valence-electron chi connectivity index (χ3n) is 3.61. The standard InChI is InChI=1S/C19H20N2O3S2/c1-4-23-15-9-6-12(10-16(15)24-5-2)18(22)20-13-7-8-14-17(11-13)26-19(21-14)25-3/h6-11H,4-5H2,1-3H3,(H,20,22). The Bertz CT molecular complexity index is 924. The molecule has 0 aliphatic heterocycles. The van der Waals surface area contributed by atoms with Crippen LogP contribution in [0, 0.1) is 0 Å². The van der Waals surface area contributed by atoms with Gasteiger partial charge in [0.15, 0.2) is 15.8 Å². The number of nitrogens with one attached hydrogen (secondary N) is 1. The average Bonchev–Trinajstić information content (AvgIpc) is 3.06. The van der Waals surface area contributed by atoms with E-state index in [1.54, 1.807) is 41.3 Å². The molecule has 1 N–H and O–H groups in total. The van der Waals surface area contributed by atoms with E-state index in [9.17, 15) is 4.79 Å². The minimum absolute atomic E-state index is 0.192. The number of benzene rings is 2. The molecule has 0 unspecified atom stereocenters. The molecule has 136 valence electrons. The van der Waals surface area contributed by atoms with Crippen molar-refractivity contribution in [2.45, 2.75) is 18.2 Å². The maximum absolute atomic E-state index is 12.6. The lowest BCUT2D eigenvalue weighted by Gasteiger charge is -2.12. The van der Waals surface area contributed by atoms with Gasteiger partial charge >= 0.3 is 0 Å². The van der Waals surface area contributed by atoms with E-state index in [2.05, 4.69) is 10.3 Å². The highest BCUT2D eigenvalue weighted by Gasteiger charge is 2.12. The fourth-order valence-corrected chi connectivity index (χ4v) is 3.99. The van der Waals surface area contributed by atoms with Gasteiger partial charge in [-0.05, 0) is 56.5 Å². The molecule has 3 rings (SSSR count). The van der Waals surface area contributed by atoms with E-state index in [4.69, 9.17) is 9.47 Å². The van der Waals surface area contributed by atoms with E-state index >= 15 is 0 Å². The van der Waals surface area contributed by atoms with Crippen molar-refractivity contribution >= 4 is 44.9 Å².